The first-order valence-electron chi connectivity index (χ1n) is 6.67. The number of rotatable bonds is 4. The van der Waals surface area contributed by atoms with Crippen LogP contribution in [0.4, 0.5) is 5.69 Å². The van der Waals surface area contributed by atoms with Gasteiger partial charge in [-0.15, -0.1) is 0 Å². The van der Waals surface area contributed by atoms with E-state index in [1.807, 2.05) is 43.3 Å². The molecule has 0 aliphatic carbocycles. The average molecular weight is 332 g/mol. The van der Waals surface area contributed by atoms with Crippen LogP contribution in [0.15, 0.2) is 65.7 Å². The Morgan fingerprint density at radius 3 is 1.95 bits per heavy atom. The fraction of sp³-hybridized carbons (Fsp3) is 0.0556. The molecule has 0 aliphatic heterocycles. The average Bonchev–Trinajstić information content (AvgIpc) is 2.50. The molecule has 0 atom stereocenters. The number of aryl methyl sites for hydroxylation is 1. The van der Waals surface area contributed by atoms with Crippen molar-refractivity contribution in [1.82, 2.24) is 0 Å². The maximum Gasteiger partial charge on any atom is 0.247 e. The van der Waals surface area contributed by atoms with Crippen LogP contribution in [-0.4, -0.2) is 5.91 Å². The van der Waals surface area contributed by atoms with E-state index in [1.165, 1.54) is 6.08 Å². The molecule has 0 spiro atoms. The van der Waals surface area contributed by atoms with E-state index in [2.05, 4.69) is 11.9 Å². The highest BCUT2D eigenvalue weighted by molar-refractivity contribution is 6.59. The van der Waals surface area contributed by atoms with Gasteiger partial charge in [0.15, 0.2) is 0 Å². The summed E-state index contributed by atoms with van der Waals surface area (Å²) in [6.45, 7) is 5.44. The largest absolute Gasteiger partial charge is 0.323 e. The van der Waals surface area contributed by atoms with Gasteiger partial charge in [0.05, 0.1) is 0 Å². The van der Waals surface area contributed by atoms with E-state index in [0.29, 0.717) is 5.69 Å². The zero-order chi connectivity index (χ0) is 16.1. The minimum Gasteiger partial charge on any atom is -0.323 e. The van der Waals surface area contributed by atoms with E-state index in [4.69, 9.17) is 23.2 Å². The summed E-state index contributed by atoms with van der Waals surface area (Å²) in [5.41, 5.74) is 4.41. The summed E-state index contributed by atoms with van der Waals surface area (Å²) in [4.78, 5) is 11.3. The van der Waals surface area contributed by atoms with E-state index in [9.17, 15) is 4.79 Å². The fourth-order valence-electron chi connectivity index (χ4n) is 2.02. The molecule has 0 aromatic heterocycles. The minimum atomic E-state index is -0.252. The van der Waals surface area contributed by atoms with Gasteiger partial charge >= 0.3 is 0 Å². The minimum absolute atomic E-state index is 0.201. The van der Waals surface area contributed by atoms with Crippen molar-refractivity contribution in [3.8, 4) is 0 Å². The lowest BCUT2D eigenvalue weighted by Gasteiger charge is -2.10. The van der Waals surface area contributed by atoms with E-state index in [0.717, 1.165) is 22.3 Å². The standard InChI is InChI=1S/C18H15Cl2NO/c1-3-16(22)21-15-10-8-14(9-11-15)17(18(19)20)13-6-4-12(2)5-7-13/h3-11H,1H2,2H3,(H,21,22). The number of carbonyl (C=O) groups excluding carboxylic acids is 1. The summed E-state index contributed by atoms with van der Waals surface area (Å²) in [5.74, 6) is -0.252. The zero-order valence-corrected chi connectivity index (χ0v) is 13.6. The Balaban J connectivity index is 2.34. The summed E-state index contributed by atoms with van der Waals surface area (Å²) in [6.07, 6.45) is 1.22. The van der Waals surface area contributed by atoms with Gasteiger partial charge in [-0.05, 0) is 36.3 Å². The Morgan fingerprint density at radius 1 is 1.00 bits per heavy atom. The van der Waals surface area contributed by atoms with E-state index < -0.39 is 0 Å². The number of hydrogen-bond acceptors (Lipinski definition) is 1. The Morgan fingerprint density at radius 2 is 1.50 bits per heavy atom. The van der Waals surface area contributed by atoms with E-state index in [-0.39, 0.29) is 10.4 Å². The molecule has 112 valence electrons. The number of benzene rings is 2. The van der Waals surface area contributed by atoms with Crippen LogP contribution in [0.2, 0.25) is 0 Å². The number of carbonyl (C=O) groups is 1. The molecule has 0 fully saturated rings. The predicted molar refractivity (Wildman–Crippen MR) is 94.2 cm³/mol. The van der Waals surface area contributed by atoms with Crippen LogP contribution in [0.1, 0.15) is 16.7 Å². The van der Waals surface area contributed by atoms with Crippen LogP contribution in [0.5, 0.6) is 0 Å². The summed E-state index contributed by atoms with van der Waals surface area (Å²) >= 11 is 12.1. The maximum absolute atomic E-state index is 11.3. The first kappa shape index (κ1) is 16.3. The van der Waals surface area contributed by atoms with Gasteiger partial charge in [-0.25, -0.2) is 0 Å². The van der Waals surface area contributed by atoms with Crippen molar-refractivity contribution < 1.29 is 4.79 Å². The fourth-order valence-corrected chi connectivity index (χ4v) is 2.46. The number of hydrogen-bond donors (Lipinski definition) is 1. The van der Waals surface area contributed by atoms with Crippen LogP contribution in [0, 0.1) is 6.92 Å². The highest BCUT2D eigenvalue weighted by Crippen LogP contribution is 2.31. The second-order valence-electron chi connectivity index (χ2n) is 4.77. The van der Waals surface area contributed by atoms with Crippen LogP contribution >= 0.6 is 23.2 Å². The molecule has 0 heterocycles. The normalized spacial score (nSPS) is 9.95. The third-order valence-electron chi connectivity index (χ3n) is 3.16. The number of nitrogens with one attached hydrogen (secondary N) is 1. The molecule has 0 unspecified atom stereocenters. The van der Waals surface area contributed by atoms with Gasteiger partial charge in [0, 0.05) is 11.3 Å². The summed E-state index contributed by atoms with van der Waals surface area (Å²) in [7, 11) is 0. The third kappa shape index (κ3) is 4.00. The Kier molecular flexibility index (Phi) is 5.42. The second kappa shape index (κ2) is 7.30. The zero-order valence-electron chi connectivity index (χ0n) is 12.1. The van der Waals surface area contributed by atoms with Gasteiger partial charge in [-0.2, -0.15) is 0 Å². The van der Waals surface area contributed by atoms with Gasteiger partial charge < -0.3 is 5.32 Å². The molecule has 2 rings (SSSR count). The van der Waals surface area contributed by atoms with Crippen LogP contribution in [-0.2, 0) is 4.79 Å². The lowest BCUT2D eigenvalue weighted by molar-refractivity contribution is -0.111. The predicted octanol–water partition coefficient (Wildman–Crippen LogP) is 5.31. The lowest BCUT2D eigenvalue weighted by Crippen LogP contribution is -2.06. The first-order valence-corrected chi connectivity index (χ1v) is 7.43. The van der Waals surface area contributed by atoms with E-state index >= 15 is 0 Å². The molecule has 2 aromatic carbocycles. The van der Waals surface area contributed by atoms with Gasteiger partial charge in [0.2, 0.25) is 5.91 Å². The van der Waals surface area contributed by atoms with Crippen LogP contribution in [0.3, 0.4) is 0 Å². The Labute approximate surface area is 140 Å². The smallest absolute Gasteiger partial charge is 0.247 e. The van der Waals surface area contributed by atoms with Crippen molar-refractivity contribution in [2.24, 2.45) is 0 Å². The van der Waals surface area contributed by atoms with Gasteiger partial charge in [0.25, 0.3) is 0 Å². The molecule has 0 bridgehead atoms. The third-order valence-corrected chi connectivity index (χ3v) is 3.53. The summed E-state index contributed by atoms with van der Waals surface area (Å²) in [6, 6.07) is 15.3. The van der Waals surface area contributed by atoms with Crippen LogP contribution in [0.25, 0.3) is 5.57 Å². The van der Waals surface area contributed by atoms with Crippen LogP contribution < -0.4 is 5.32 Å². The van der Waals surface area contributed by atoms with Crippen molar-refractivity contribution in [2.75, 3.05) is 5.32 Å². The topological polar surface area (TPSA) is 29.1 Å². The molecule has 2 aromatic rings. The highest BCUT2D eigenvalue weighted by Gasteiger charge is 2.10. The quantitative estimate of drug-likeness (QED) is 0.755. The molecule has 1 N–H and O–H groups in total. The van der Waals surface area contributed by atoms with Crippen molar-refractivity contribution >= 4 is 40.4 Å². The summed E-state index contributed by atoms with van der Waals surface area (Å²) < 4.78 is 0.201. The van der Waals surface area contributed by atoms with Gasteiger partial charge in [0.1, 0.15) is 4.49 Å². The molecule has 0 saturated heterocycles. The molecule has 0 radical (unpaired) electrons. The first-order chi connectivity index (χ1) is 10.5. The Hall–Kier alpha value is -2.03. The summed E-state index contributed by atoms with van der Waals surface area (Å²) in [5, 5.41) is 2.70. The monoisotopic (exact) mass is 331 g/mol. The van der Waals surface area contributed by atoms with Crippen molar-refractivity contribution in [3.63, 3.8) is 0 Å². The maximum atomic E-state index is 11.3. The molecule has 1 amide bonds. The molecule has 22 heavy (non-hydrogen) atoms. The van der Waals surface area contributed by atoms with Crippen molar-refractivity contribution in [1.29, 1.82) is 0 Å². The highest BCUT2D eigenvalue weighted by atomic mass is 35.5. The molecular weight excluding hydrogens is 317 g/mol. The van der Waals surface area contributed by atoms with Gasteiger partial charge in [-0.3, -0.25) is 4.79 Å². The number of halogens is 2. The van der Waals surface area contributed by atoms with Crippen molar-refractivity contribution in [2.45, 2.75) is 6.92 Å². The van der Waals surface area contributed by atoms with E-state index in [1.54, 1.807) is 12.1 Å². The molecule has 2 nitrogen and oxygen atoms in total. The molecular formula is C18H15Cl2NO. The molecule has 0 saturated carbocycles. The molecule has 4 heteroatoms. The van der Waals surface area contributed by atoms with Crippen molar-refractivity contribution in [3.05, 3.63) is 82.4 Å². The second-order valence-corrected chi connectivity index (χ2v) is 5.72. The molecule has 0 aliphatic rings. The number of amides is 1. The number of anilines is 1. The van der Waals surface area contributed by atoms with Gasteiger partial charge in [-0.1, -0.05) is 71.7 Å². The lowest BCUT2D eigenvalue weighted by atomic mass is 9.98. The Bertz CT molecular complexity index is 712. The SMILES string of the molecule is C=CC(=O)Nc1ccc(C(=C(Cl)Cl)c2ccc(C)cc2)cc1.